The van der Waals surface area contributed by atoms with Gasteiger partial charge in [0.05, 0.1) is 23.5 Å². The number of hydrogen-bond donors (Lipinski definition) is 3. The van der Waals surface area contributed by atoms with E-state index in [9.17, 15) is 9.18 Å². The van der Waals surface area contributed by atoms with Crippen LogP contribution in [-0.4, -0.2) is 30.8 Å². The SMILES string of the molecule is Nc1cc(C(=O)O)c(F)cc1NCC1CCOC1. The topological polar surface area (TPSA) is 84.6 Å². The Balaban J connectivity index is 2.08. The van der Waals surface area contributed by atoms with Gasteiger partial charge in [0.15, 0.2) is 0 Å². The van der Waals surface area contributed by atoms with Gasteiger partial charge in [0, 0.05) is 19.1 Å². The van der Waals surface area contributed by atoms with E-state index in [1.807, 2.05) is 0 Å². The molecule has 2 rings (SSSR count). The summed E-state index contributed by atoms with van der Waals surface area (Å²) in [4.78, 5) is 10.7. The number of ether oxygens (including phenoxy) is 1. The number of nitrogens with two attached hydrogens (primary N) is 1. The van der Waals surface area contributed by atoms with Crippen LogP contribution in [-0.2, 0) is 4.74 Å². The van der Waals surface area contributed by atoms with Crippen molar-refractivity contribution in [1.29, 1.82) is 0 Å². The van der Waals surface area contributed by atoms with Crippen molar-refractivity contribution in [2.75, 3.05) is 30.8 Å². The number of hydrogen-bond acceptors (Lipinski definition) is 4. The minimum atomic E-state index is -1.32. The highest BCUT2D eigenvalue weighted by Crippen LogP contribution is 2.24. The zero-order valence-corrected chi connectivity index (χ0v) is 9.78. The van der Waals surface area contributed by atoms with Crippen molar-refractivity contribution in [2.24, 2.45) is 5.92 Å². The molecule has 1 atom stereocenters. The van der Waals surface area contributed by atoms with Gasteiger partial charge in [-0.25, -0.2) is 9.18 Å². The molecule has 1 aliphatic heterocycles. The maximum absolute atomic E-state index is 13.5. The molecule has 0 bridgehead atoms. The molecule has 6 heteroatoms. The fourth-order valence-electron chi connectivity index (χ4n) is 1.91. The maximum Gasteiger partial charge on any atom is 0.338 e. The molecule has 1 fully saturated rings. The summed E-state index contributed by atoms with van der Waals surface area (Å²) >= 11 is 0. The molecule has 0 saturated carbocycles. The molecule has 5 nitrogen and oxygen atoms in total. The average molecular weight is 254 g/mol. The summed E-state index contributed by atoms with van der Waals surface area (Å²) in [6.45, 7) is 2.06. The molecule has 0 aliphatic carbocycles. The van der Waals surface area contributed by atoms with Gasteiger partial charge in [-0.05, 0) is 18.6 Å². The van der Waals surface area contributed by atoms with Gasteiger partial charge in [0.25, 0.3) is 0 Å². The van der Waals surface area contributed by atoms with Gasteiger partial charge >= 0.3 is 5.97 Å². The Morgan fingerprint density at radius 1 is 1.61 bits per heavy atom. The predicted octanol–water partition coefficient (Wildman–Crippen LogP) is 1.55. The molecule has 1 aromatic carbocycles. The highest BCUT2D eigenvalue weighted by molar-refractivity contribution is 5.90. The molecule has 0 amide bonds. The van der Waals surface area contributed by atoms with Gasteiger partial charge in [-0.3, -0.25) is 0 Å². The van der Waals surface area contributed by atoms with Gasteiger partial charge in [0.2, 0.25) is 0 Å². The summed E-state index contributed by atoms with van der Waals surface area (Å²) in [5.41, 5.74) is 5.92. The van der Waals surface area contributed by atoms with E-state index >= 15 is 0 Å². The van der Waals surface area contributed by atoms with Gasteiger partial charge in [-0.2, -0.15) is 0 Å². The van der Waals surface area contributed by atoms with Crippen LogP contribution in [0.3, 0.4) is 0 Å². The Morgan fingerprint density at radius 2 is 2.39 bits per heavy atom. The van der Waals surface area contributed by atoms with E-state index in [0.29, 0.717) is 24.8 Å². The first-order valence-electron chi connectivity index (χ1n) is 5.72. The van der Waals surface area contributed by atoms with E-state index in [1.165, 1.54) is 0 Å². The molecule has 0 spiro atoms. The summed E-state index contributed by atoms with van der Waals surface area (Å²) in [5, 5.41) is 11.8. The van der Waals surface area contributed by atoms with Crippen molar-refractivity contribution >= 4 is 17.3 Å². The smallest absolute Gasteiger partial charge is 0.338 e. The van der Waals surface area contributed by atoms with Crippen LogP contribution in [0, 0.1) is 11.7 Å². The monoisotopic (exact) mass is 254 g/mol. The van der Waals surface area contributed by atoms with Gasteiger partial charge < -0.3 is 20.9 Å². The number of anilines is 2. The second-order valence-electron chi connectivity index (χ2n) is 4.33. The molecule has 98 valence electrons. The first-order valence-corrected chi connectivity index (χ1v) is 5.72. The first-order chi connectivity index (χ1) is 8.58. The Kier molecular flexibility index (Phi) is 3.66. The van der Waals surface area contributed by atoms with E-state index in [4.69, 9.17) is 15.6 Å². The van der Waals surface area contributed by atoms with Crippen molar-refractivity contribution < 1.29 is 19.0 Å². The largest absolute Gasteiger partial charge is 0.478 e. The lowest BCUT2D eigenvalue weighted by atomic mass is 10.1. The quantitative estimate of drug-likeness (QED) is 0.710. The van der Waals surface area contributed by atoms with E-state index in [2.05, 4.69) is 5.32 Å². The van der Waals surface area contributed by atoms with Crippen LogP contribution in [0.1, 0.15) is 16.8 Å². The lowest BCUT2D eigenvalue weighted by Crippen LogP contribution is -2.15. The fourth-order valence-corrected chi connectivity index (χ4v) is 1.91. The van der Waals surface area contributed by atoms with Gasteiger partial charge in [-0.15, -0.1) is 0 Å². The van der Waals surface area contributed by atoms with Crippen molar-refractivity contribution in [3.63, 3.8) is 0 Å². The van der Waals surface area contributed by atoms with Crippen LogP contribution in [0.2, 0.25) is 0 Å². The van der Waals surface area contributed by atoms with Crippen LogP contribution < -0.4 is 11.1 Å². The zero-order valence-electron chi connectivity index (χ0n) is 9.78. The van der Waals surface area contributed by atoms with Crippen LogP contribution >= 0.6 is 0 Å². The van der Waals surface area contributed by atoms with Crippen LogP contribution in [0.4, 0.5) is 15.8 Å². The van der Waals surface area contributed by atoms with Gasteiger partial charge in [0.1, 0.15) is 5.82 Å². The van der Waals surface area contributed by atoms with E-state index in [-0.39, 0.29) is 5.69 Å². The molecule has 0 aromatic heterocycles. The molecule has 1 saturated heterocycles. The minimum absolute atomic E-state index is 0.229. The lowest BCUT2D eigenvalue weighted by molar-refractivity contribution is 0.0692. The first kappa shape index (κ1) is 12.6. The summed E-state index contributed by atoms with van der Waals surface area (Å²) in [5.74, 6) is -1.73. The number of nitrogens with one attached hydrogen (secondary N) is 1. The number of carbonyl (C=O) groups is 1. The number of benzene rings is 1. The minimum Gasteiger partial charge on any atom is -0.478 e. The number of carboxylic acids is 1. The zero-order chi connectivity index (χ0) is 13.1. The Labute approximate surface area is 104 Å². The second kappa shape index (κ2) is 5.22. The molecular formula is C12H15FN2O3. The number of halogens is 1. The van der Waals surface area contributed by atoms with Crippen molar-refractivity contribution in [1.82, 2.24) is 0 Å². The third-order valence-corrected chi connectivity index (χ3v) is 2.97. The Bertz CT molecular complexity index is 459. The maximum atomic E-state index is 13.5. The summed E-state index contributed by atoms with van der Waals surface area (Å²) in [7, 11) is 0. The predicted molar refractivity (Wildman–Crippen MR) is 65.2 cm³/mol. The Hall–Kier alpha value is -1.82. The summed E-state index contributed by atoms with van der Waals surface area (Å²) < 4.78 is 18.7. The lowest BCUT2D eigenvalue weighted by Gasteiger charge is -2.13. The van der Waals surface area contributed by atoms with E-state index in [1.54, 1.807) is 0 Å². The molecule has 4 N–H and O–H groups in total. The number of carboxylic acid groups (broad SMARTS) is 1. The highest BCUT2D eigenvalue weighted by Gasteiger charge is 2.17. The van der Waals surface area contributed by atoms with Crippen LogP contribution in [0.25, 0.3) is 0 Å². The van der Waals surface area contributed by atoms with E-state index in [0.717, 1.165) is 25.2 Å². The summed E-state index contributed by atoms with van der Waals surface area (Å²) in [6.07, 6.45) is 0.961. The van der Waals surface area contributed by atoms with E-state index < -0.39 is 17.3 Å². The number of rotatable bonds is 4. The third-order valence-electron chi connectivity index (χ3n) is 2.97. The average Bonchev–Trinajstić information content (AvgIpc) is 2.82. The standard InChI is InChI=1S/C12H15FN2O3/c13-9-4-11(10(14)3-8(9)12(16)17)15-5-7-1-2-18-6-7/h3-4,7,15H,1-2,5-6,14H2,(H,16,17). The highest BCUT2D eigenvalue weighted by atomic mass is 19.1. The van der Waals surface area contributed by atoms with Crippen LogP contribution in [0.5, 0.6) is 0 Å². The molecule has 1 aliphatic rings. The molecule has 18 heavy (non-hydrogen) atoms. The van der Waals surface area contributed by atoms with Crippen molar-refractivity contribution in [3.05, 3.63) is 23.5 Å². The molecule has 0 radical (unpaired) electrons. The third kappa shape index (κ3) is 2.70. The fraction of sp³-hybridized carbons (Fsp3) is 0.417. The van der Waals surface area contributed by atoms with Gasteiger partial charge in [-0.1, -0.05) is 0 Å². The van der Waals surface area contributed by atoms with Crippen LogP contribution in [0.15, 0.2) is 12.1 Å². The normalized spacial score (nSPS) is 18.8. The Morgan fingerprint density at radius 3 is 3.00 bits per heavy atom. The van der Waals surface area contributed by atoms with Crippen molar-refractivity contribution in [2.45, 2.75) is 6.42 Å². The molecule has 1 heterocycles. The summed E-state index contributed by atoms with van der Waals surface area (Å²) in [6, 6.07) is 2.25. The molecule has 1 aromatic rings. The number of nitrogen functional groups attached to an aromatic ring is 1. The number of aromatic carboxylic acids is 1. The second-order valence-corrected chi connectivity index (χ2v) is 4.33. The molecular weight excluding hydrogens is 239 g/mol. The van der Waals surface area contributed by atoms with Crippen molar-refractivity contribution in [3.8, 4) is 0 Å². The molecule has 1 unspecified atom stereocenters.